The van der Waals surface area contributed by atoms with Crippen LogP contribution in [0.15, 0.2) is 36.5 Å². The number of likely N-dealkylation sites (N-methyl/N-ethyl adjacent to an activating group) is 1. The van der Waals surface area contributed by atoms with Gasteiger partial charge in [-0.15, -0.1) is 0 Å². The highest BCUT2D eigenvalue weighted by Gasteiger charge is 2.27. The minimum absolute atomic E-state index is 0.0296. The molecule has 10 heteroatoms. The Kier molecular flexibility index (Phi) is 39.4. The van der Waals surface area contributed by atoms with E-state index in [1.54, 1.807) is 0 Å². The summed E-state index contributed by atoms with van der Waals surface area (Å²) in [6.45, 7) is 4.31. The molecule has 9 nitrogen and oxygen atoms in total. The van der Waals surface area contributed by atoms with Crippen LogP contribution >= 0.6 is 7.82 Å². The van der Waals surface area contributed by atoms with Gasteiger partial charge >= 0.3 is 19.8 Å². The highest BCUT2D eigenvalue weighted by molar-refractivity contribution is 7.47. The summed E-state index contributed by atoms with van der Waals surface area (Å²) in [4.78, 5) is 35.4. The van der Waals surface area contributed by atoms with Crippen LogP contribution in [0.3, 0.4) is 0 Å². The number of allylic oxidation sites excluding steroid dienone is 6. The van der Waals surface area contributed by atoms with E-state index >= 15 is 0 Å². The van der Waals surface area contributed by atoms with Gasteiger partial charge in [-0.1, -0.05) is 185 Å². The fraction of sp³-hybridized carbons (Fsp3) is 0.833. The number of nitrogens with zero attached hydrogens (tertiary/aromatic N) is 1. The van der Waals surface area contributed by atoms with E-state index in [1.807, 2.05) is 21.1 Å². The van der Waals surface area contributed by atoms with Crippen molar-refractivity contribution in [2.75, 3.05) is 47.5 Å². The number of unbranched alkanes of at least 4 members (excludes halogenated alkanes) is 23. The molecule has 0 saturated carbocycles. The minimum Gasteiger partial charge on any atom is -0.462 e. The standard InChI is InChI=1S/C48H90NO8P/c1-6-8-10-12-14-16-18-20-22-23-24-25-27-29-31-33-35-37-39-41-48(51)57-46(45-56-58(52,53)55-43-42-49(3,4)5)44-54-47(50)40-38-36-34-32-30-28-26-21-19-17-15-13-11-9-7-2/h9,11,15,17,21,26,46H,6-8,10,12-14,16,18-20,22-25,27-45H2,1-5H3/p+1/b11-9-,17-15-,26-21-/t46-/m1/s1. The maximum atomic E-state index is 12.7. The van der Waals surface area contributed by atoms with Crippen molar-refractivity contribution < 1.29 is 42.1 Å². The summed E-state index contributed by atoms with van der Waals surface area (Å²) >= 11 is 0. The summed E-state index contributed by atoms with van der Waals surface area (Å²) in [6.07, 6.45) is 46.2. The summed E-state index contributed by atoms with van der Waals surface area (Å²) in [7, 11) is 1.47. The van der Waals surface area contributed by atoms with Crippen LogP contribution in [0, 0.1) is 0 Å². The van der Waals surface area contributed by atoms with Gasteiger partial charge in [-0.25, -0.2) is 4.57 Å². The Morgan fingerprint density at radius 3 is 1.47 bits per heavy atom. The van der Waals surface area contributed by atoms with Gasteiger partial charge in [-0.2, -0.15) is 0 Å². The monoisotopic (exact) mass is 841 g/mol. The molecule has 0 fully saturated rings. The molecule has 0 aromatic heterocycles. The zero-order valence-corrected chi connectivity index (χ0v) is 39.2. The van der Waals surface area contributed by atoms with Crippen LogP contribution in [0.4, 0.5) is 0 Å². The lowest BCUT2D eigenvalue weighted by molar-refractivity contribution is -0.870. The zero-order chi connectivity index (χ0) is 42.8. The molecule has 0 amide bonds. The van der Waals surface area contributed by atoms with Gasteiger partial charge < -0.3 is 18.9 Å². The summed E-state index contributed by atoms with van der Waals surface area (Å²) in [6, 6.07) is 0. The zero-order valence-electron chi connectivity index (χ0n) is 38.3. The second kappa shape index (κ2) is 40.6. The molecule has 340 valence electrons. The van der Waals surface area contributed by atoms with Gasteiger partial charge in [0.25, 0.3) is 0 Å². The van der Waals surface area contributed by atoms with Crippen molar-refractivity contribution in [1.29, 1.82) is 0 Å². The first kappa shape index (κ1) is 56.2. The van der Waals surface area contributed by atoms with E-state index in [1.165, 1.54) is 103 Å². The quantitative estimate of drug-likeness (QED) is 0.0213. The summed E-state index contributed by atoms with van der Waals surface area (Å²) < 4.78 is 34.4. The van der Waals surface area contributed by atoms with Crippen molar-refractivity contribution in [3.8, 4) is 0 Å². The topological polar surface area (TPSA) is 108 Å². The predicted molar refractivity (Wildman–Crippen MR) is 243 cm³/mol. The van der Waals surface area contributed by atoms with Crippen molar-refractivity contribution in [3.63, 3.8) is 0 Å². The molecule has 0 aliphatic carbocycles. The van der Waals surface area contributed by atoms with Gasteiger partial charge in [-0.05, 0) is 44.9 Å². The first-order valence-corrected chi connectivity index (χ1v) is 25.2. The lowest BCUT2D eigenvalue weighted by Crippen LogP contribution is -2.37. The highest BCUT2D eigenvalue weighted by atomic mass is 31.2. The van der Waals surface area contributed by atoms with Crippen LogP contribution in [-0.4, -0.2) is 74.9 Å². The Morgan fingerprint density at radius 2 is 0.983 bits per heavy atom. The smallest absolute Gasteiger partial charge is 0.462 e. The third kappa shape index (κ3) is 43.8. The third-order valence-electron chi connectivity index (χ3n) is 10.2. The van der Waals surface area contributed by atoms with Gasteiger partial charge in [-0.3, -0.25) is 18.6 Å². The highest BCUT2D eigenvalue weighted by Crippen LogP contribution is 2.43. The fourth-order valence-corrected chi connectivity index (χ4v) is 7.24. The maximum Gasteiger partial charge on any atom is 0.472 e. The summed E-state index contributed by atoms with van der Waals surface area (Å²) in [5.74, 6) is -0.811. The molecule has 0 heterocycles. The van der Waals surface area contributed by atoms with Crippen molar-refractivity contribution in [2.24, 2.45) is 0 Å². The molecule has 0 saturated heterocycles. The maximum absolute atomic E-state index is 12.7. The van der Waals surface area contributed by atoms with Crippen LogP contribution < -0.4 is 0 Å². The van der Waals surface area contributed by atoms with Gasteiger partial charge in [0.2, 0.25) is 0 Å². The van der Waals surface area contributed by atoms with E-state index in [9.17, 15) is 19.0 Å². The molecule has 1 unspecified atom stereocenters. The van der Waals surface area contributed by atoms with E-state index in [4.69, 9.17) is 18.5 Å². The third-order valence-corrected chi connectivity index (χ3v) is 11.2. The summed E-state index contributed by atoms with van der Waals surface area (Å²) in [5.41, 5.74) is 0. The predicted octanol–water partition coefficient (Wildman–Crippen LogP) is 13.7. The van der Waals surface area contributed by atoms with Crippen molar-refractivity contribution in [2.45, 2.75) is 213 Å². The lowest BCUT2D eigenvalue weighted by Gasteiger charge is -2.24. The number of phosphoric acid groups is 1. The molecule has 1 N–H and O–H groups in total. The van der Waals surface area contributed by atoms with Crippen LogP contribution in [-0.2, 0) is 32.7 Å². The van der Waals surface area contributed by atoms with Gasteiger partial charge in [0.05, 0.1) is 27.7 Å². The Balaban J connectivity index is 4.29. The number of quaternary nitrogens is 1. The van der Waals surface area contributed by atoms with E-state index < -0.39 is 26.5 Å². The van der Waals surface area contributed by atoms with E-state index in [0.29, 0.717) is 17.4 Å². The molecule has 0 bridgehead atoms. The molecular formula is C48H91NO8P+. The van der Waals surface area contributed by atoms with Crippen LogP contribution in [0.25, 0.3) is 0 Å². The number of ether oxygens (including phenoxy) is 2. The molecule has 0 rings (SSSR count). The van der Waals surface area contributed by atoms with Crippen LogP contribution in [0.2, 0.25) is 0 Å². The molecule has 2 atom stereocenters. The largest absolute Gasteiger partial charge is 0.472 e. The number of carbonyl (C=O) groups is 2. The molecular weight excluding hydrogens is 750 g/mol. The van der Waals surface area contributed by atoms with Crippen molar-refractivity contribution >= 4 is 19.8 Å². The van der Waals surface area contributed by atoms with Gasteiger partial charge in [0.15, 0.2) is 6.10 Å². The van der Waals surface area contributed by atoms with Crippen LogP contribution in [0.1, 0.15) is 206 Å². The Bertz CT molecular complexity index is 1090. The van der Waals surface area contributed by atoms with E-state index in [2.05, 4.69) is 50.3 Å². The summed E-state index contributed by atoms with van der Waals surface area (Å²) in [5, 5.41) is 0. The first-order valence-electron chi connectivity index (χ1n) is 23.7. The molecule has 0 aromatic rings. The molecule has 0 spiro atoms. The number of esters is 2. The Hall–Kier alpha value is -1.77. The molecule has 0 aliphatic rings. The van der Waals surface area contributed by atoms with Crippen molar-refractivity contribution in [1.82, 2.24) is 0 Å². The normalized spacial score (nSPS) is 13.8. The van der Waals surface area contributed by atoms with Crippen molar-refractivity contribution in [3.05, 3.63) is 36.5 Å². The van der Waals surface area contributed by atoms with E-state index in [-0.39, 0.29) is 32.0 Å². The SMILES string of the molecule is CC/C=C\C/C=C\C/C=C\CCCCCCCC(=O)OC[C@H](COP(=O)(O)OCC[N+](C)(C)C)OC(=O)CCCCCCCCCCCCCCCCCCCCC. The first-order chi connectivity index (χ1) is 28.0. The second-order valence-electron chi connectivity index (χ2n) is 17.1. The molecule has 0 aromatic carbocycles. The molecule has 0 radical (unpaired) electrons. The van der Waals surface area contributed by atoms with Gasteiger partial charge in [0, 0.05) is 12.8 Å². The molecule has 0 aliphatic heterocycles. The Morgan fingerprint density at radius 1 is 0.552 bits per heavy atom. The Labute approximate surface area is 357 Å². The lowest BCUT2D eigenvalue weighted by atomic mass is 10.0. The van der Waals surface area contributed by atoms with Gasteiger partial charge in [0.1, 0.15) is 19.8 Å². The average Bonchev–Trinajstić information content (AvgIpc) is 3.17. The van der Waals surface area contributed by atoms with Crippen LogP contribution in [0.5, 0.6) is 0 Å². The molecule has 58 heavy (non-hydrogen) atoms. The average molecular weight is 841 g/mol. The number of hydrogen-bond acceptors (Lipinski definition) is 7. The fourth-order valence-electron chi connectivity index (χ4n) is 6.50. The number of rotatable bonds is 43. The minimum atomic E-state index is -4.38. The number of phosphoric ester groups is 1. The second-order valence-corrected chi connectivity index (χ2v) is 18.6. The van der Waals surface area contributed by atoms with E-state index in [0.717, 1.165) is 70.6 Å². The number of hydrogen-bond donors (Lipinski definition) is 1. The number of carbonyl (C=O) groups excluding carboxylic acids is 2.